The van der Waals surface area contributed by atoms with Crippen molar-refractivity contribution in [3.8, 4) is 0 Å². The van der Waals surface area contributed by atoms with Crippen LogP contribution in [0.4, 0.5) is 0 Å². The fourth-order valence-corrected chi connectivity index (χ4v) is 3.54. The molecule has 3 heteroatoms. The largest absolute Gasteiger partial charge is 0.324 e. The highest BCUT2D eigenvalue weighted by molar-refractivity contribution is 6.35. The molecule has 2 rings (SSSR count). The number of rotatable bonds is 2. The minimum atomic E-state index is 0.0114. The lowest BCUT2D eigenvalue weighted by Crippen LogP contribution is -2.29. The van der Waals surface area contributed by atoms with Crippen LogP contribution in [0.2, 0.25) is 10.0 Å². The first-order valence-corrected chi connectivity index (χ1v) is 6.88. The fraction of sp³-hybridized carbons (Fsp3) is 0.571. The third-order valence-corrected chi connectivity index (χ3v) is 4.66. The van der Waals surface area contributed by atoms with Crippen LogP contribution in [-0.2, 0) is 0 Å². The van der Waals surface area contributed by atoms with Crippen LogP contribution in [0.5, 0.6) is 0 Å². The maximum Gasteiger partial charge on any atom is 0.0468 e. The molecule has 1 fully saturated rings. The molecule has 1 nitrogen and oxygen atoms in total. The van der Waals surface area contributed by atoms with Crippen LogP contribution in [-0.4, -0.2) is 0 Å². The Morgan fingerprint density at radius 2 is 2.06 bits per heavy atom. The lowest BCUT2D eigenvalue weighted by molar-refractivity contribution is 0.222. The van der Waals surface area contributed by atoms with Crippen LogP contribution < -0.4 is 5.73 Å². The number of benzene rings is 1. The van der Waals surface area contributed by atoms with Crippen LogP contribution in [0.25, 0.3) is 0 Å². The minimum absolute atomic E-state index is 0.0114. The van der Waals surface area contributed by atoms with Gasteiger partial charge in [0.25, 0.3) is 0 Å². The van der Waals surface area contributed by atoms with E-state index in [0.717, 1.165) is 5.56 Å². The van der Waals surface area contributed by atoms with Crippen molar-refractivity contribution < 1.29 is 0 Å². The van der Waals surface area contributed by atoms with Gasteiger partial charge in [-0.1, -0.05) is 49.5 Å². The summed E-state index contributed by atoms with van der Waals surface area (Å²) in [7, 11) is 0. The standard InChI is InChI=1S/C14H19Cl2N/c1-14(2)7-3-4-11(14)13(17)10-6-5-9(15)8-12(10)16/h5-6,8,11,13H,3-4,7,17H2,1-2H3. The van der Waals surface area contributed by atoms with Gasteiger partial charge in [0.1, 0.15) is 0 Å². The van der Waals surface area contributed by atoms with Crippen molar-refractivity contribution >= 4 is 23.2 Å². The van der Waals surface area contributed by atoms with Crippen molar-refractivity contribution in [3.63, 3.8) is 0 Å². The molecule has 0 aromatic heterocycles. The second kappa shape index (κ2) is 4.79. The lowest BCUT2D eigenvalue weighted by atomic mass is 9.76. The zero-order valence-corrected chi connectivity index (χ0v) is 11.9. The van der Waals surface area contributed by atoms with Gasteiger partial charge in [-0.25, -0.2) is 0 Å². The molecule has 2 atom stereocenters. The Morgan fingerprint density at radius 3 is 2.59 bits per heavy atom. The van der Waals surface area contributed by atoms with Crippen molar-refractivity contribution in [2.75, 3.05) is 0 Å². The maximum absolute atomic E-state index is 6.40. The van der Waals surface area contributed by atoms with E-state index in [9.17, 15) is 0 Å². The summed E-state index contributed by atoms with van der Waals surface area (Å²) in [5.74, 6) is 0.501. The second-order valence-electron chi connectivity index (χ2n) is 5.68. The molecule has 0 saturated heterocycles. The van der Waals surface area contributed by atoms with E-state index in [2.05, 4.69) is 13.8 Å². The molecule has 1 aliphatic rings. The lowest BCUT2D eigenvalue weighted by Gasteiger charge is -2.32. The molecule has 0 amide bonds. The summed E-state index contributed by atoms with van der Waals surface area (Å²) in [4.78, 5) is 0. The van der Waals surface area contributed by atoms with E-state index in [-0.39, 0.29) is 6.04 Å². The molecular weight excluding hydrogens is 253 g/mol. The third kappa shape index (κ3) is 2.62. The van der Waals surface area contributed by atoms with E-state index >= 15 is 0 Å². The van der Waals surface area contributed by atoms with Gasteiger partial charge in [-0.05, 0) is 41.9 Å². The maximum atomic E-state index is 6.40. The van der Waals surface area contributed by atoms with E-state index in [1.165, 1.54) is 19.3 Å². The van der Waals surface area contributed by atoms with Crippen molar-refractivity contribution in [2.45, 2.75) is 39.2 Å². The van der Waals surface area contributed by atoms with Gasteiger partial charge in [0.2, 0.25) is 0 Å². The Hall–Kier alpha value is -0.240. The van der Waals surface area contributed by atoms with E-state index in [1.54, 1.807) is 6.07 Å². The predicted octanol–water partition coefficient (Wildman–Crippen LogP) is 4.82. The predicted molar refractivity (Wildman–Crippen MR) is 74.5 cm³/mol. The number of hydrogen-bond acceptors (Lipinski definition) is 1. The third-order valence-electron chi connectivity index (χ3n) is 4.10. The number of nitrogens with two attached hydrogens (primary N) is 1. The van der Waals surface area contributed by atoms with Gasteiger partial charge >= 0.3 is 0 Å². The van der Waals surface area contributed by atoms with Crippen LogP contribution in [0, 0.1) is 11.3 Å². The summed E-state index contributed by atoms with van der Waals surface area (Å²) in [6, 6.07) is 5.62. The zero-order valence-electron chi connectivity index (χ0n) is 10.3. The van der Waals surface area contributed by atoms with Gasteiger partial charge in [0.05, 0.1) is 0 Å². The normalized spacial score (nSPS) is 24.9. The van der Waals surface area contributed by atoms with E-state index in [1.807, 2.05) is 12.1 Å². The van der Waals surface area contributed by atoms with Crippen molar-refractivity contribution in [3.05, 3.63) is 33.8 Å². The highest BCUT2D eigenvalue weighted by atomic mass is 35.5. The van der Waals surface area contributed by atoms with E-state index < -0.39 is 0 Å². The molecule has 1 saturated carbocycles. The molecule has 0 bridgehead atoms. The summed E-state index contributed by atoms with van der Waals surface area (Å²) < 4.78 is 0. The Bertz CT molecular complexity index is 415. The Kier molecular flexibility index (Phi) is 3.72. The summed E-state index contributed by atoms with van der Waals surface area (Å²) in [5, 5.41) is 1.35. The first kappa shape index (κ1) is 13.2. The molecule has 1 aromatic rings. The first-order chi connectivity index (χ1) is 7.92. The van der Waals surface area contributed by atoms with Crippen molar-refractivity contribution in [1.29, 1.82) is 0 Å². The molecule has 0 aliphatic heterocycles. The summed E-state index contributed by atoms with van der Waals surface area (Å²) >= 11 is 12.1. The van der Waals surface area contributed by atoms with Crippen LogP contribution in [0.3, 0.4) is 0 Å². The molecule has 0 heterocycles. The first-order valence-electron chi connectivity index (χ1n) is 6.12. The van der Waals surface area contributed by atoms with Crippen LogP contribution in [0.15, 0.2) is 18.2 Å². The monoisotopic (exact) mass is 271 g/mol. The van der Waals surface area contributed by atoms with E-state index in [0.29, 0.717) is 21.4 Å². The summed E-state index contributed by atoms with van der Waals surface area (Å²) in [5.41, 5.74) is 7.73. The second-order valence-corrected chi connectivity index (χ2v) is 6.52. The number of hydrogen-bond donors (Lipinski definition) is 1. The quantitative estimate of drug-likeness (QED) is 0.820. The molecule has 1 aromatic carbocycles. The average Bonchev–Trinajstić information content (AvgIpc) is 2.57. The summed E-state index contributed by atoms with van der Waals surface area (Å²) in [6.07, 6.45) is 3.69. The topological polar surface area (TPSA) is 26.0 Å². The van der Waals surface area contributed by atoms with Crippen LogP contribution >= 0.6 is 23.2 Å². The van der Waals surface area contributed by atoms with Crippen molar-refractivity contribution in [2.24, 2.45) is 17.1 Å². The van der Waals surface area contributed by atoms with Crippen LogP contribution in [0.1, 0.15) is 44.7 Å². The highest BCUT2D eigenvalue weighted by Crippen LogP contribution is 2.48. The molecule has 2 unspecified atom stereocenters. The van der Waals surface area contributed by atoms with Gasteiger partial charge < -0.3 is 5.73 Å². The van der Waals surface area contributed by atoms with Crippen molar-refractivity contribution in [1.82, 2.24) is 0 Å². The summed E-state index contributed by atoms with van der Waals surface area (Å²) in [6.45, 7) is 4.60. The molecule has 17 heavy (non-hydrogen) atoms. The Morgan fingerprint density at radius 1 is 1.35 bits per heavy atom. The fourth-order valence-electron chi connectivity index (χ4n) is 3.01. The van der Waals surface area contributed by atoms with Gasteiger partial charge in [-0.15, -0.1) is 0 Å². The van der Waals surface area contributed by atoms with Gasteiger partial charge in [0, 0.05) is 16.1 Å². The van der Waals surface area contributed by atoms with E-state index in [4.69, 9.17) is 28.9 Å². The van der Waals surface area contributed by atoms with Gasteiger partial charge in [-0.2, -0.15) is 0 Å². The molecule has 0 spiro atoms. The molecule has 1 aliphatic carbocycles. The minimum Gasteiger partial charge on any atom is -0.324 e. The SMILES string of the molecule is CC1(C)CCCC1C(N)c1ccc(Cl)cc1Cl. The molecule has 2 N–H and O–H groups in total. The zero-order chi connectivity index (χ0) is 12.6. The average molecular weight is 272 g/mol. The Balaban J connectivity index is 2.28. The number of halogens is 2. The van der Waals surface area contributed by atoms with Gasteiger partial charge in [-0.3, -0.25) is 0 Å². The molecule has 94 valence electrons. The smallest absolute Gasteiger partial charge is 0.0468 e. The Labute approximate surface area is 113 Å². The molecule has 0 radical (unpaired) electrons. The molecular formula is C14H19Cl2N. The highest BCUT2D eigenvalue weighted by Gasteiger charge is 2.39. The van der Waals surface area contributed by atoms with Gasteiger partial charge in [0.15, 0.2) is 0 Å².